The Morgan fingerprint density at radius 2 is 1.71 bits per heavy atom. The van der Waals surface area contributed by atoms with E-state index >= 15 is 0 Å². The Kier molecular flexibility index (Phi) is 5.11. The lowest BCUT2D eigenvalue weighted by Crippen LogP contribution is -2.47. The van der Waals surface area contributed by atoms with E-state index in [0.29, 0.717) is 17.7 Å². The molecule has 2 amide bonds. The van der Waals surface area contributed by atoms with Crippen LogP contribution in [0.1, 0.15) is 20.7 Å². The molecule has 1 aliphatic rings. The molecule has 5 heteroatoms. The zero-order valence-corrected chi connectivity index (χ0v) is 12.3. The number of benzene rings is 1. The van der Waals surface area contributed by atoms with E-state index in [4.69, 9.17) is 0 Å². The lowest BCUT2D eigenvalue weighted by atomic mass is 10.1. The minimum Gasteiger partial charge on any atom is -0.349 e. The topological polar surface area (TPSA) is 52.7 Å². The molecule has 1 N–H and O–H groups in total. The van der Waals surface area contributed by atoms with Gasteiger partial charge in [-0.25, -0.2) is 0 Å². The van der Waals surface area contributed by atoms with E-state index in [2.05, 4.69) is 23.8 Å². The predicted molar refractivity (Wildman–Crippen MR) is 82.4 cm³/mol. The van der Waals surface area contributed by atoms with Crippen LogP contribution in [0, 0.1) is 0 Å². The first-order valence-electron chi connectivity index (χ1n) is 7.09. The van der Waals surface area contributed by atoms with Gasteiger partial charge in [0, 0.05) is 43.9 Å². The third kappa shape index (κ3) is 3.92. The molecular formula is C16H21N3O2. The molecular weight excluding hydrogens is 266 g/mol. The van der Waals surface area contributed by atoms with Crippen LogP contribution in [0.4, 0.5) is 0 Å². The maximum Gasteiger partial charge on any atom is 0.253 e. The molecule has 0 radical (unpaired) electrons. The molecule has 0 saturated carbocycles. The second-order valence-corrected chi connectivity index (χ2v) is 5.17. The van der Waals surface area contributed by atoms with E-state index in [-0.39, 0.29) is 11.8 Å². The Morgan fingerprint density at radius 1 is 1.14 bits per heavy atom. The lowest BCUT2D eigenvalue weighted by molar-refractivity contribution is 0.0663. The highest BCUT2D eigenvalue weighted by atomic mass is 16.2. The van der Waals surface area contributed by atoms with Gasteiger partial charge in [0.1, 0.15) is 0 Å². The fraction of sp³-hybridized carbons (Fsp3) is 0.375. The van der Waals surface area contributed by atoms with E-state index in [0.717, 1.165) is 26.2 Å². The van der Waals surface area contributed by atoms with Gasteiger partial charge in [0.15, 0.2) is 0 Å². The Morgan fingerprint density at radius 3 is 2.29 bits per heavy atom. The molecule has 2 rings (SSSR count). The van der Waals surface area contributed by atoms with Gasteiger partial charge in [-0.3, -0.25) is 9.59 Å². The number of nitrogens with zero attached hydrogens (tertiary/aromatic N) is 2. The molecule has 0 aliphatic carbocycles. The first-order valence-corrected chi connectivity index (χ1v) is 7.09. The summed E-state index contributed by atoms with van der Waals surface area (Å²) in [6.07, 6.45) is 1.63. The van der Waals surface area contributed by atoms with E-state index in [1.807, 2.05) is 4.90 Å². The molecule has 0 spiro atoms. The molecule has 1 saturated heterocycles. The summed E-state index contributed by atoms with van der Waals surface area (Å²) in [5.41, 5.74) is 1.17. The highest BCUT2D eigenvalue weighted by Gasteiger charge is 2.20. The summed E-state index contributed by atoms with van der Waals surface area (Å²) < 4.78 is 0. The second kappa shape index (κ2) is 7.04. The van der Waals surface area contributed by atoms with Crippen molar-refractivity contribution < 1.29 is 9.59 Å². The van der Waals surface area contributed by atoms with Gasteiger partial charge in [-0.05, 0) is 31.3 Å². The molecule has 0 atom stereocenters. The van der Waals surface area contributed by atoms with Gasteiger partial charge < -0.3 is 15.1 Å². The summed E-state index contributed by atoms with van der Waals surface area (Å²) in [5, 5.41) is 2.71. The third-order valence-electron chi connectivity index (χ3n) is 3.59. The molecule has 1 aromatic rings. The monoisotopic (exact) mass is 287 g/mol. The highest BCUT2D eigenvalue weighted by molar-refractivity contribution is 5.97. The van der Waals surface area contributed by atoms with Crippen molar-refractivity contribution in [3.8, 4) is 0 Å². The number of piperazine rings is 1. The quantitative estimate of drug-likeness (QED) is 0.840. The normalized spacial score (nSPS) is 15.6. The van der Waals surface area contributed by atoms with Gasteiger partial charge in [-0.2, -0.15) is 0 Å². The van der Waals surface area contributed by atoms with Crippen LogP contribution in [0.2, 0.25) is 0 Å². The van der Waals surface area contributed by atoms with Crippen LogP contribution in [0.25, 0.3) is 0 Å². The number of hydrogen-bond acceptors (Lipinski definition) is 3. The van der Waals surface area contributed by atoms with Gasteiger partial charge in [-0.15, -0.1) is 6.58 Å². The minimum absolute atomic E-state index is 0.0288. The number of rotatable bonds is 4. The van der Waals surface area contributed by atoms with Crippen molar-refractivity contribution in [2.45, 2.75) is 0 Å². The summed E-state index contributed by atoms with van der Waals surface area (Å²) in [7, 11) is 2.05. The van der Waals surface area contributed by atoms with Gasteiger partial charge in [0.2, 0.25) is 0 Å². The number of amides is 2. The van der Waals surface area contributed by atoms with Crippen molar-refractivity contribution >= 4 is 11.8 Å². The van der Waals surface area contributed by atoms with Crippen molar-refractivity contribution in [2.24, 2.45) is 0 Å². The molecule has 5 nitrogen and oxygen atoms in total. The van der Waals surface area contributed by atoms with Crippen LogP contribution in [-0.4, -0.2) is 61.4 Å². The molecule has 1 aromatic carbocycles. The highest BCUT2D eigenvalue weighted by Crippen LogP contribution is 2.10. The largest absolute Gasteiger partial charge is 0.349 e. The van der Waals surface area contributed by atoms with Crippen LogP contribution < -0.4 is 5.32 Å². The zero-order chi connectivity index (χ0) is 15.2. The molecule has 1 fully saturated rings. The first kappa shape index (κ1) is 15.3. The second-order valence-electron chi connectivity index (χ2n) is 5.17. The fourth-order valence-electron chi connectivity index (χ4n) is 2.22. The van der Waals surface area contributed by atoms with Crippen LogP contribution in [0.3, 0.4) is 0 Å². The number of likely N-dealkylation sites (N-methyl/N-ethyl adjacent to an activating group) is 1. The number of hydrogen-bond donors (Lipinski definition) is 1. The molecule has 0 bridgehead atoms. The summed E-state index contributed by atoms with van der Waals surface area (Å²) in [4.78, 5) is 28.2. The number of carbonyl (C=O) groups excluding carboxylic acids is 2. The summed E-state index contributed by atoms with van der Waals surface area (Å²) >= 11 is 0. The summed E-state index contributed by atoms with van der Waals surface area (Å²) in [6.45, 7) is 7.27. The summed E-state index contributed by atoms with van der Waals surface area (Å²) in [6, 6.07) is 6.79. The Labute approximate surface area is 125 Å². The Balaban J connectivity index is 1.99. The average Bonchev–Trinajstić information content (AvgIpc) is 2.53. The number of carbonyl (C=O) groups is 2. The third-order valence-corrected chi connectivity index (χ3v) is 3.59. The van der Waals surface area contributed by atoms with Gasteiger partial charge in [-0.1, -0.05) is 6.08 Å². The van der Waals surface area contributed by atoms with Crippen LogP contribution in [0.15, 0.2) is 36.9 Å². The van der Waals surface area contributed by atoms with Crippen molar-refractivity contribution in [3.05, 3.63) is 48.0 Å². The number of nitrogens with one attached hydrogen (secondary N) is 1. The Bertz CT molecular complexity index is 517. The maximum atomic E-state index is 12.4. The molecule has 21 heavy (non-hydrogen) atoms. The zero-order valence-electron chi connectivity index (χ0n) is 12.3. The minimum atomic E-state index is -0.159. The van der Waals surface area contributed by atoms with Crippen molar-refractivity contribution in [2.75, 3.05) is 39.8 Å². The summed E-state index contributed by atoms with van der Waals surface area (Å²) in [5.74, 6) is -0.130. The molecule has 0 unspecified atom stereocenters. The van der Waals surface area contributed by atoms with Crippen molar-refractivity contribution in [3.63, 3.8) is 0 Å². The van der Waals surface area contributed by atoms with Crippen LogP contribution in [0.5, 0.6) is 0 Å². The van der Waals surface area contributed by atoms with Crippen LogP contribution in [-0.2, 0) is 0 Å². The first-order chi connectivity index (χ1) is 10.1. The standard InChI is InChI=1S/C16H21N3O2/c1-3-8-17-15(20)13-4-6-14(7-5-13)16(21)19-11-9-18(2)10-12-19/h3-7H,1,8-12H2,2H3,(H,17,20). The van der Waals surface area contributed by atoms with Gasteiger partial charge in [0.25, 0.3) is 11.8 Å². The predicted octanol–water partition coefficient (Wildman–Crippen LogP) is 0.990. The molecule has 1 heterocycles. The SMILES string of the molecule is C=CCNC(=O)c1ccc(C(=O)N2CCN(C)CC2)cc1. The van der Waals surface area contributed by atoms with Gasteiger partial charge in [0.05, 0.1) is 0 Å². The van der Waals surface area contributed by atoms with Crippen molar-refractivity contribution in [1.82, 2.24) is 15.1 Å². The smallest absolute Gasteiger partial charge is 0.253 e. The van der Waals surface area contributed by atoms with Crippen molar-refractivity contribution in [1.29, 1.82) is 0 Å². The molecule has 0 aromatic heterocycles. The van der Waals surface area contributed by atoms with Crippen LogP contribution >= 0.6 is 0 Å². The molecule has 1 aliphatic heterocycles. The van der Waals surface area contributed by atoms with E-state index in [1.54, 1.807) is 30.3 Å². The fourth-order valence-corrected chi connectivity index (χ4v) is 2.22. The molecule has 112 valence electrons. The van der Waals surface area contributed by atoms with E-state index in [1.165, 1.54) is 0 Å². The van der Waals surface area contributed by atoms with E-state index in [9.17, 15) is 9.59 Å². The Hall–Kier alpha value is -2.14. The van der Waals surface area contributed by atoms with Gasteiger partial charge >= 0.3 is 0 Å². The maximum absolute atomic E-state index is 12.4. The average molecular weight is 287 g/mol. The van der Waals surface area contributed by atoms with E-state index < -0.39 is 0 Å². The lowest BCUT2D eigenvalue weighted by Gasteiger charge is -2.32.